The summed E-state index contributed by atoms with van der Waals surface area (Å²) in [5.74, 6) is 2.46. The van der Waals surface area contributed by atoms with Crippen LogP contribution in [0.25, 0.3) is 5.82 Å². The molecule has 1 aliphatic heterocycles. The average molecular weight is 393 g/mol. The SMILES string of the molecule is CCCCS(=O)(=O)N1CCN(c2cc(-n3nc(C)cc3C)nc(C)n2)CC1. The van der Waals surface area contributed by atoms with Crippen molar-refractivity contribution in [2.45, 2.75) is 40.5 Å². The molecule has 8 nitrogen and oxygen atoms in total. The van der Waals surface area contributed by atoms with Gasteiger partial charge in [0.1, 0.15) is 11.6 Å². The van der Waals surface area contributed by atoms with Crippen LogP contribution in [0, 0.1) is 20.8 Å². The summed E-state index contributed by atoms with van der Waals surface area (Å²) in [5.41, 5.74) is 1.96. The minimum Gasteiger partial charge on any atom is -0.354 e. The summed E-state index contributed by atoms with van der Waals surface area (Å²) in [7, 11) is -3.15. The first-order valence-electron chi connectivity index (χ1n) is 9.42. The summed E-state index contributed by atoms with van der Waals surface area (Å²) >= 11 is 0. The van der Waals surface area contributed by atoms with Gasteiger partial charge in [-0.05, 0) is 33.3 Å². The normalized spacial score (nSPS) is 16.1. The highest BCUT2D eigenvalue weighted by molar-refractivity contribution is 7.89. The number of aryl methyl sites for hydroxylation is 3. The fraction of sp³-hybridized carbons (Fsp3) is 0.611. The zero-order valence-corrected chi connectivity index (χ0v) is 17.3. The van der Waals surface area contributed by atoms with Crippen molar-refractivity contribution in [2.75, 3.05) is 36.8 Å². The third kappa shape index (κ3) is 4.47. The van der Waals surface area contributed by atoms with Crippen molar-refractivity contribution < 1.29 is 8.42 Å². The maximum absolute atomic E-state index is 12.4. The number of aromatic nitrogens is 4. The molecule has 0 amide bonds. The third-order valence-electron chi connectivity index (χ3n) is 4.75. The molecule has 0 bridgehead atoms. The van der Waals surface area contributed by atoms with Gasteiger partial charge in [0.15, 0.2) is 5.82 Å². The molecule has 0 saturated carbocycles. The molecule has 0 N–H and O–H groups in total. The highest BCUT2D eigenvalue weighted by Gasteiger charge is 2.27. The van der Waals surface area contributed by atoms with Gasteiger partial charge in [-0.15, -0.1) is 0 Å². The quantitative estimate of drug-likeness (QED) is 0.746. The van der Waals surface area contributed by atoms with E-state index in [1.807, 2.05) is 44.5 Å². The van der Waals surface area contributed by atoms with E-state index in [1.54, 1.807) is 4.31 Å². The Morgan fingerprint density at radius 3 is 2.26 bits per heavy atom. The summed E-state index contributed by atoms with van der Waals surface area (Å²) < 4.78 is 28.2. The van der Waals surface area contributed by atoms with Gasteiger partial charge in [-0.1, -0.05) is 13.3 Å². The van der Waals surface area contributed by atoms with Crippen LogP contribution < -0.4 is 4.90 Å². The van der Waals surface area contributed by atoms with Gasteiger partial charge < -0.3 is 4.90 Å². The molecule has 3 heterocycles. The summed E-state index contributed by atoms with van der Waals surface area (Å²) in [6.07, 6.45) is 1.59. The maximum Gasteiger partial charge on any atom is 0.214 e. The fourth-order valence-corrected chi connectivity index (χ4v) is 4.95. The van der Waals surface area contributed by atoms with Crippen LogP contribution in [0.1, 0.15) is 37.0 Å². The van der Waals surface area contributed by atoms with Gasteiger partial charge in [0.25, 0.3) is 0 Å². The first kappa shape index (κ1) is 19.8. The number of anilines is 1. The van der Waals surface area contributed by atoms with Crippen LogP contribution in [-0.2, 0) is 10.0 Å². The number of unbranched alkanes of at least 4 members (excludes halogenated alkanes) is 1. The largest absolute Gasteiger partial charge is 0.354 e. The Morgan fingerprint density at radius 1 is 1.00 bits per heavy atom. The van der Waals surface area contributed by atoms with Crippen LogP contribution in [0.2, 0.25) is 0 Å². The summed E-state index contributed by atoms with van der Waals surface area (Å²) in [6.45, 7) is 10.1. The smallest absolute Gasteiger partial charge is 0.214 e. The molecule has 1 aliphatic rings. The summed E-state index contributed by atoms with van der Waals surface area (Å²) in [4.78, 5) is 11.2. The van der Waals surface area contributed by atoms with Crippen molar-refractivity contribution in [2.24, 2.45) is 0 Å². The molecule has 0 spiro atoms. The van der Waals surface area contributed by atoms with Crippen molar-refractivity contribution in [1.29, 1.82) is 0 Å². The molecular weight excluding hydrogens is 364 g/mol. The van der Waals surface area contributed by atoms with E-state index in [0.29, 0.717) is 38.4 Å². The number of rotatable bonds is 6. The molecule has 9 heteroatoms. The molecule has 0 atom stereocenters. The second-order valence-electron chi connectivity index (χ2n) is 7.03. The maximum atomic E-state index is 12.4. The molecule has 0 unspecified atom stereocenters. The van der Waals surface area contributed by atoms with Crippen molar-refractivity contribution in [3.8, 4) is 5.82 Å². The van der Waals surface area contributed by atoms with Gasteiger partial charge in [0, 0.05) is 37.9 Å². The Kier molecular flexibility index (Phi) is 5.81. The lowest BCUT2D eigenvalue weighted by molar-refractivity contribution is 0.383. The molecule has 2 aromatic rings. The van der Waals surface area contributed by atoms with E-state index in [1.165, 1.54) is 0 Å². The van der Waals surface area contributed by atoms with Gasteiger partial charge >= 0.3 is 0 Å². The van der Waals surface area contributed by atoms with E-state index < -0.39 is 10.0 Å². The lowest BCUT2D eigenvalue weighted by Crippen LogP contribution is -2.49. The molecule has 1 saturated heterocycles. The molecule has 2 aromatic heterocycles. The van der Waals surface area contributed by atoms with Crippen LogP contribution in [0.4, 0.5) is 5.82 Å². The Bertz CT molecular complexity index is 901. The number of hydrogen-bond donors (Lipinski definition) is 0. The van der Waals surface area contributed by atoms with E-state index in [-0.39, 0.29) is 5.75 Å². The molecule has 3 rings (SSSR count). The van der Waals surface area contributed by atoms with Gasteiger partial charge in [-0.2, -0.15) is 9.40 Å². The number of nitrogens with zero attached hydrogens (tertiary/aromatic N) is 6. The number of piperazine rings is 1. The van der Waals surface area contributed by atoms with Crippen molar-refractivity contribution >= 4 is 15.8 Å². The first-order chi connectivity index (χ1) is 12.8. The standard InChI is InChI=1S/C18H28N6O2S/c1-5-6-11-27(25,26)23-9-7-22(8-10-23)17-13-18(20-16(4)19-17)24-15(3)12-14(2)21-24/h12-13H,5-11H2,1-4H3. The lowest BCUT2D eigenvalue weighted by atomic mass is 10.3. The Morgan fingerprint density at radius 2 is 1.67 bits per heavy atom. The molecule has 148 valence electrons. The minimum atomic E-state index is -3.15. The van der Waals surface area contributed by atoms with E-state index in [9.17, 15) is 8.42 Å². The molecule has 1 fully saturated rings. The van der Waals surface area contributed by atoms with Crippen LogP contribution >= 0.6 is 0 Å². The fourth-order valence-electron chi connectivity index (χ4n) is 3.32. The Hall–Kier alpha value is -2.00. The molecule has 0 aliphatic carbocycles. The van der Waals surface area contributed by atoms with E-state index >= 15 is 0 Å². The Balaban J connectivity index is 1.76. The molecule has 0 aromatic carbocycles. The predicted molar refractivity (Wildman–Crippen MR) is 106 cm³/mol. The predicted octanol–water partition coefficient (Wildman–Crippen LogP) is 1.84. The zero-order chi connectivity index (χ0) is 19.6. The van der Waals surface area contributed by atoms with Crippen LogP contribution in [-0.4, -0.2) is 64.4 Å². The summed E-state index contributed by atoms with van der Waals surface area (Å²) in [5, 5.41) is 4.50. The van der Waals surface area contributed by atoms with Gasteiger partial charge in [0.2, 0.25) is 10.0 Å². The van der Waals surface area contributed by atoms with Crippen LogP contribution in [0.5, 0.6) is 0 Å². The monoisotopic (exact) mass is 392 g/mol. The van der Waals surface area contributed by atoms with Crippen molar-refractivity contribution in [1.82, 2.24) is 24.1 Å². The minimum absolute atomic E-state index is 0.234. The number of sulfonamides is 1. The molecule has 0 radical (unpaired) electrons. The Labute approximate surface area is 161 Å². The van der Waals surface area contributed by atoms with Gasteiger partial charge in [0.05, 0.1) is 11.4 Å². The third-order valence-corrected chi connectivity index (χ3v) is 6.71. The first-order valence-corrected chi connectivity index (χ1v) is 11.0. The van der Waals surface area contributed by atoms with E-state index in [0.717, 1.165) is 29.4 Å². The lowest BCUT2D eigenvalue weighted by Gasteiger charge is -2.34. The second-order valence-corrected chi connectivity index (χ2v) is 9.11. The topological polar surface area (TPSA) is 84.2 Å². The highest BCUT2D eigenvalue weighted by atomic mass is 32.2. The van der Waals surface area contributed by atoms with Crippen LogP contribution in [0.3, 0.4) is 0 Å². The van der Waals surface area contributed by atoms with Crippen LogP contribution in [0.15, 0.2) is 12.1 Å². The van der Waals surface area contributed by atoms with Crippen molar-refractivity contribution in [3.05, 3.63) is 29.3 Å². The van der Waals surface area contributed by atoms with Crippen molar-refractivity contribution in [3.63, 3.8) is 0 Å². The zero-order valence-electron chi connectivity index (χ0n) is 16.5. The molecule has 27 heavy (non-hydrogen) atoms. The average Bonchev–Trinajstić information content (AvgIpc) is 2.98. The summed E-state index contributed by atoms with van der Waals surface area (Å²) in [6, 6.07) is 3.94. The van der Waals surface area contributed by atoms with E-state index in [2.05, 4.69) is 20.0 Å². The highest BCUT2D eigenvalue weighted by Crippen LogP contribution is 2.20. The van der Waals surface area contributed by atoms with Gasteiger partial charge in [-0.25, -0.2) is 23.1 Å². The van der Waals surface area contributed by atoms with Gasteiger partial charge in [-0.3, -0.25) is 0 Å². The molecular formula is C18H28N6O2S. The second kappa shape index (κ2) is 7.93. The van der Waals surface area contributed by atoms with E-state index in [4.69, 9.17) is 0 Å². The number of hydrogen-bond acceptors (Lipinski definition) is 6.